The fraction of sp³-hybridized carbons (Fsp3) is 0.538. The molecule has 0 aliphatic heterocycles. The minimum Gasteiger partial charge on any atom is -0.399 e. The number of rotatable bonds is 6. The summed E-state index contributed by atoms with van der Waals surface area (Å²) in [7, 11) is -3.94. The first-order chi connectivity index (χ1) is 9.73. The highest BCUT2D eigenvalue weighted by Gasteiger charge is 2.36. The van der Waals surface area contributed by atoms with Gasteiger partial charge in [-0.25, -0.2) is 8.42 Å². The van der Waals surface area contributed by atoms with Crippen molar-refractivity contribution < 1.29 is 13.3 Å². The van der Waals surface area contributed by atoms with E-state index in [1.54, 1.807) is 13.8 Å². The molecule has 0 unspecified atom stereocenters. The lowest BCUT2D eigenvalue weighted by molar-refractivity contribution is -0.387. The standard InChI is InChI=1S/C13H19N3O4S/c1-9(2)15(8-10-3-4-10)21(19,20)13-7-11(14)5-6-12(13)16(17)18/h5-7,9-10H,3-4,8,14H2,1-2H3. The summed E-state index contributed by atoms with van der Waals surface area (Å²) in [5, 5.41) is 11.1. The second-order valence-corrected chi connectivity index (χ2v) is 7.46. The Kier molecular flexibility index (Phi) is 4.20. The van der Waals surface area contributed by atoms with E-state index in [0.717, 1.165) is 25.0 Å². The van der Waals surface area contributed by atoms with Crippen LogP contribution in [0.25, 0.3) is 0 Å². The quantitative estimate of drug-likeness (QED) is 0.491. The zero-order chi connectivity index (χ0) is 15.8. The zero-order valence-electron chi connectivity index (χ0n) is 12.0. The number of anilines is 1. The Labute approximate surface area is 123 Å². The Bertz CT molecular complexity index is 653. The van der Waals surface area contributed by atoms with Crippen LogP contribution in [0.15, 0.2) is 23.1 Å². The van der Waals surface area contributed by atoms with Gasteiger partial charge in [0.2, 0.25) is 10.0 Å². The van der Waals surface area contributed by atoms with Gasteiger partial charge in [-0.2, -0.15) is 4.31 Å². The van der Waals surface area contributed by atoms with E-state index in [1.807, 2.05) is 0 Å². The van der Waals surface area contributed by atoms with Gasteiger partial charge in [0, 0.05) is 24.3 Å². The molecule has 116 valence electrons. The summed E-state index contributed by atoms with van der Waals surface area (Å²) < 4.78 is 26.9. The van der Waals surface area contributed by atoms with Crippen LogP contribution in [0.3, 0.4) is 0 Å². The molecule has 1 aliphatic rings. The minimum absolute atomic E-state index is 0.189. The van der Waals surface area contributed by atoms with Crippen molar-refractivity contribution >= 4 is 21.4 Å². The van der Waals surface area contributed by atoms with Crippen molar-refractivity contribution in [1.82, 2.24) is 4.31 Å². The highest BCUT2D eigenvalue weighted by atomic mass is 32.2. The molecular weight excluding hydrogens is 294 g/mol. The number of nitro benzene ring substituents is 1. The Morgan fingerprint density at radius 1 is 1.43 bits per heavy atom. The van der Waals surface area contributed by atoms with Gasteiger partial charge in [-0.05, 0) is 44.7 Å². The molecule has 0 aromatic heterocycles. The number of nitrogens with zero attached hydrogens (tertiary/aromatic N) is 2. The summed E-state index contributed by atoms with van der Waals surface area (Å²) in [5.74, 6) is 0.349. The Morgan fingerprint density at radius 2 is 2.05 bits per heavy atom. The fourth-order valence-corrected chi connectivity index (χ4v) is 4.06. The average molecular weight is 313 g/mol. The van der Waals surface area contributed by atoms with Crippen LogP contribution in [0.5, 0.6) is 0 Å². The maximum absolute atomic E-state index is 12.8. The van der Waals surface area contributed by atoms with Crippen LogP contribution >= 0.6 is 0 Å². The number of nitrogen functional groups attached to an aromatic ring is 1. The minimum atomic E-state index is -3.94. The summed E-state index contributed by atoms with van der Waals surface area (Å²) in [5.41, 5.74) is 5.36. The van der Waals surface area contributed by atoms with Crippen LogP contribution < -0.4 is 5.73 Å². The number of hydrogen-bond acceptors (Lipinski definition) is 5. The highest BCUT2D eigenvalue weighted by Crippen LogP contribution is 2.35. The van der Waals surface area contributed by atoms with Crippen molar-refractivity contribution in [3.05, 3.63) is 28.3 Å². The van der Waals surface area contributed by atoms with Gasteiger partial charge in [0.05, 0.1) is 4.92 Å². The molecule has 7 nitrogen and oxygen atoms in total. The predicted molar refractivity (Wildman–Crippen MR) is 79.3 cm³/mol. The first kappa shape index (κ1) is 15.7. The SMILES string of the molecule is CC(C)N(CC1CC1)S(=O)(=O)c1cc(N)ccc1[N+](=O)[O-]. The largest absolute Gasteiger partial charge is 0.399 e. The van der Waals surface area contributed by atoms with Crippen LogP contribution in [-0.2, 0) is 10.0 Å². The third-order valence-corrected chi connectivity index (χ3v) is 5.55. The second-order valence-electron chi connectivity index (χ2n) is 5.60. The molecular formula is C13H19N3O4S. The van der Waals surface area contributed by atoms with E-state index in [-0.39, 0.29) is 16.6 Å². The van der Waals surface area contributed by atoms with Gasteiger partial charge >= 0.3 is 0 Å². The molecule has 0 atom stereocenters. The van der Waals surface area contributed by atoms with E-state index in [1.165, 1.54) is 10.4 Å². The molecule has 1 saturated carbocycles. The van der Waals surface area contributed by atoms with Gasteiger partial charge in [-0.15, -0.1) is 0 Å². The van der Waals surface area contributed by atoms with Gasteiger partial charge in [0.25, 0.3) is 5.69 Å². The monoisotopic (exact) mass is 313 g/mol. The lowest BCUT2D eigenvalue weighted by Crippen LogP contribution is -2.38. The molecule has 1 aromatic carbocycles. The van der Waals surface area contributed by atoms with E-state index >= 15 is 0 Å². The fourth-order valence-electron chi connectivity index (χ4n) is 2.16. The van der Waals surface area contributed by atoms with Crippen LogP contribution in [0.1, 0.15) is 26.7 Å². The molecule has 8 heteroatoms. The Morgan fingerprint density at radius 3 is 2.52 bits per heavy atom. The number of nitrogens with two attached hydrogens (primary N) is 1. The predicted octanol–water partition coefficient (Wildman–Crippen LogP) is 1.99. The third-order valence-electron chi connectivity index (χ3n) is 3.48. The molecule has 21 heavy (non-hydrogen) atoms. The molecule has 0 heterocycles. The van der Waals surface area contributed by atoms with Gasteiger partial charge in [-0.1, -0.05) is 0 Å². The van der Waals surface area contributed by atoms with Crippen molar-refractivity contribution in [3.63, 3.8) is 0 Å². The summed E-state index contributed by atoms with van der Waals surface area (Å²) in [6.07, 6.45) is 2.00. The maximum atomic E-state index is 12.8. The van der Waals surface area contributed by atoms with E-state index in [2.05, 4.69) is 0 Å². The molecule has 0 saturated heterocycles. The Hall–Kier alpha value is -1.67. The summed E-state index contributed by atoms with van der Waals surface area (Å²) in [6, 6.07) is 3.36. The first-order valence-corrected chi connectivity index (χ1v) is 8.23. The normalized spacial score (nSPS) is 15.6. The first-order valence-electron chi connectivity index (χ1n) is 6.79. The number of benzene rings is 1. The smallest absolute Gasteiger partial charge is 0.289 e. The number of hydrogen-bond donors (Lipinski definition) is 1. The zero-order valence-corrected chi connectivity index (χ0v) is 12.8. The van der Waals surface area contributed by atoms with Crippen LogP contribution in [0.4, 0.5) is 11.4 Å². The van der Waals surface area contributed by atoms with Crippen LogP contribution in [0, 0.1) is 16.0 Å². The van der Waals surface area contributed by atoms with Gasteiger partial charge < -0.3 is 5.73 Å². The van der Waals surface area contributed by atoms with E-state index in [4.69, 9.17) is 5.73 Å². The van der Waals surface area contributed by atoms with E-state index < -0.39 is 20.6 Å². The second kappa shape index (κ2) is 5.61. The number of sulfonamides is 1. The summed E-state index contributed by atoms with van der Waals surface area (Å²) in [6.45, 7) is 3.92. The summed E-state index contributed by atoms with van der Waals surface area (Å²) >= 11 is 0. The van der Waals surface area contributed by atoms with Crippen molar-refractivity contribution in [3.8, 4) is 0 Å². The van der Waals surface area contributed by atoms with Crippen molar-refractivity contribution in [1.29, 1.82) is 0 Å². The van der Waals surface area contributed by atoms with Crippen LogP contribution in [-0.4, -0.2) is 30.2 Å². The molecule has 1 fully saturated rings. The molecule has 2 N–H and O–H groups in total. The average Bonchev–Trinajstić information content (AvgIpc) is 3.18. The molecule has 2 rings (SSSR count). The lowest BCUT2D eigenvalue weighted by atomic mass is 10.3. The molecule has 1 aromatic rings. The maximum Gasteiger partial charge on any atom is 0.289 e. The van der Waals surface area contributed by atoms with Gasteiger partial charge in [0.15, 0.2) is 4.90 Å². The number of nitro groups is 1. The van der Waals surface area contributed by atoms with Gasteiger partial charge in [0.1, 0.15) is 0 Å². The molecule has 0 radical (unpaired) electrons. The molecule has 1 aliphatic carbocycles. The van der Waals surface area contributed by atoms with Gasteiger partial charge in [-0.3, -0.25) is 10.1 Å². The van der Waals surface area contributed by atoms with E-state index in [9.17, 15) is 18.5 Å². The topological polar surface area (TPSA) is 107 Å². The lowest BCUT2D eigenvalue weighted by Gasteiger charge is -2.25. The van der Waals surface area contributed by atoms with E-state index in [0.29, 0.717) is 12.5 Å². The highest BCUT2D eigenvalue weighted by molar-refractivity contribution is 7.89. The Balaban J connectivity index is 2.50. The molecule has 0 bridgehead atoms. The molecule has 0 spiro atoms. The summed E-state index contributed by atoms with van der Waals surface area (Å²) in [4.78, 5) is 10.1. The van der Waals surface area contributed by atoms with Crippen molar-refractivity contribution in [2.24, 2.45) is 5.92 Å². The third kappa shape index (κ3) is 3.33. The van der Waals surface area contributed by atoms with Crippen molar-refractivity contribution in [2.45, 2.75) is 37.6 Å². The molecule has 0 amide bonds. The van der Waals surface area contributed by atoms with Crippen LogP contribution in [0.2, 0.25) is 0 Å². The van der Waals surface area contributed by atoms with Crippen molar-refractivity contribution in [2.75, 3.05) is 12.3 Å².